The Hall–Kier alpha value is -1.55. The highest BCUT2D eigenvalue weighted by atomic mass is 16.5. The van der Waals surface area contributed by atoms with Gasteiger partial charge in [-0.25, -0.2) is 0 Å². The van der Waals surface area contributed by atoms with Crippen LogP contribution in [-0.2, 0) is 4.79 Å². The summed E-state index contributed by atoms with van der Waals surface area (Å²) in [6.45, 7) is 6.14. The molecule has 1 rings (SSSR count). The van der Waals surface area contributed by atoms with E-state index >= 15 is 0 Å². The number of carbonyl (C=O) groups is 1. The molecule has 0 aromatic heterocycles. The largest absolute Gasteiger partial charge is 0.491 e. The van der Waals surface area contributed by atoms with Crippen molar-refractivity contribution in [3.8, 4) is 5.75 Å². The number of hydrogen-bond acceptors (Lipinski definition) is 3. The maximum Gasteiger partial charge on any atom is 0.238 e. The molecule has 0 aliphatic heterocycles. The number of carbonyl (C=O) groups excluding carboxylic acids is 1. The highest BCUT2D eigenvalue weighted by Crippen LogP contribution is 2.23. The predicted molar refractivity (Wildman–Crippen MR) is 83.3 cm³/mol. The molecule has 0 aliphatic rings. The van der Waals surface area contributed by atoms with Gasteiger partial charge < -0.3 is 15.4 Å². The first-order valence-corrected chi connectivity index (χ1v) is 7.50. The summed E-state index contributed by atoms with van der Waals surface area (Å²) < 4.78 is 5.69. The molecule has 0 saturated carbocycles. The Morgan fingerprint density at radius 1 is 1.15 bits per heavy atom. The lowest BCUT2D eigenvalue weighted by molar-refractivity contribution is -0.115. The topological polar surface area (TPSA) is 50.4 Å². The zero-order valence-corrected chi connectivity index (χ0v) is 12.6. The fraction of sp³-hybridized carbons (Fsp3) is 0.562. The second kappa shape index (κ2) is 10.3. The summed E-state index contributed by atoms with van der Waals surface area (Å²) >= 11 is 0. The van der Waals surface area contributed by atoms with E-state index in [1.807, 2.05) is 24.3 Å². The van der Waals surface area contributed by atoms with Crippen LogP contribution in [0.25, 0.3) is 0 Å². The van der Waals surface area contributed by atoms with E-state index in [0.717, 1.165) is 43.7 Å². The van der Waals surface area contributed by atoms with Crippen molar-refractivity contribution in [2.45, 2.75) is 39.5 Å². The lowest BCUT2D eigenvalue weighted by atomic mass is 10.3. The minimum absolute atomic E-state index is 0.0346. The standard InChI is InChI=1S/C16H26N2O2/c1-3-5-11-17-13-16(19)18-14-9-7-8-10-15(14)20-12-6-4-2/h7-10,17H,3-6,11-13H2,1-2H3,(H,18,19). The number of anilines is 1. The van der Waals surface area contributed by atoms with Gasteiger partial charge in [0.1, 0.15) is 5.75 Å². The van der Waals surface area contributed by atoms with Crippen molar-refractivity contribution in [2.24, 2.45) is 0 Å². The second-order valence-corrected chi connectivity index (χ2v) is 4.78. The van der Waals surface area contributed by atoms with Crippen molar-refractivity contribution in [2.75, 3.05) is 25.0 Å². The Labute approximate surface area is 121 Å². The highest BCUT2D eigenvalue weighted by molar-refractivity contribution is 5.93. The molecule has 1 aromatic carbocycles. The molecule has 0 fully saturated rings. The molecule has 0 aliphatic carbocycles. The monoisotopic (exact) mass is 278 g/mol. The molecule has 0 heterocycles. The van der Waals surface area contributed by atoms with Gasteiger partial charge in [-0.3, -0.25) is 4.79 Å². The van der Waals surface area contributed by atoms with Crippen molar-refractivity contribution in [3.05, 3.63) is 24.3 Å². The molecule has 0 bridgehead atoms. The van der Waals surface area contributed by atoms with Gasteiger partial charge in [-0.2, -0.15) is 0 Å². The third-order valence-corrected chi connectivity index (χ3v) is 2.91. The van der Waals surface area contributed by atoms with Gasteiger partial charge in [-0.15, -0.1) is 0 Å². The number of unbranched alkanes of at least 4 members (excludes halogenated alkanes) is 2. The zero-order chi connectivity index (χ0) is 14.6. The summed E-state index contributed by atoms with van der Waals surface area (Å²) in [4.78, 5) is 11.8. The van der Waals surface area contributed by atoms with Crippen LogP contribution in [0.2, 0.25) is 0 Å². The number of benzene rings is 1. The van der Waals surface area contributed by atoms with Crippen molar-refractivity contribution in [1.29, 1.82) is 0 Å². The molecule has 2 N–H and O–H groups in total. The molecule has 4 heteroatoms. The van der Waals surface area contributed by atoms with E-state index in [9.17, 15) is 4.79 Å². The zero-order valence-electron chi connectivity index (χ0n) is 12.6. The van der Waals surface area contributed by atoms with Gasteiger partial charge in [0.15, 0.2) is 0 Å². The molecule has 0 atom stereocenters. The minimum atomic E-state index is -0.0346. The highest BCUT2D eigenvalue weighted by Gasteiger charge is 2.06. The fourth-order valence-electron chi connectivity index (χ4n) is 1.72. The van der Waals surface area contributed by atoms with Crippen LogP contribution in [-0.4, -0.2) is 25.6 Å². The summed E-state index contributed by atoms with van der Waals surface area (Å²) in [5.41, 5.74) is 0.742. The number of ether oxygens (including phenoxy) is 1. The third-order valence-electron chi connectivity index (χ3n) is 2.91. The van der Waals surface area contributed by atoms with E-state index in [-0.39, 0.29) is 5.91 Å². The summed E-state index contributed by atoms with van der Waals surface area (Å²) in [5, 5.41) is 6.01. The summed E-state index contributed by atoms with van der Waals surface area (Å²) in [6.07, 6.45) is 4.32. The molecule has 1 aromatic rings. The molecule has 4 nitrogen and oxygen atoms in total. The van der Waals surface area contributed by atoms with Gasteiger partial charge in [-0.1, -0.05) is 38.8 Å². The lowest BCUT2D eigenvalue weighted by Gasteiger charge is -2.12. The maximum atomic E-state index is 11.8. The van der Waals surface area contributed by atoms with E-state index in [4.69, 9.17) is 4.74 Å². The average Bonchev–Trinajstić information content (AvgIpc) is 2.46. The number of nitrogens with one attached hydrogen (secondary N) is 2. The van der Waals surface area contributed by atoms with Crippen molar-refractivity contribution >= 4 is 11.6 Å². The van der Waals surface area contributed by atoms with Gasteiger partial charge in [0.05, 0.1) is 18.8 Å². The SMILES string of the molecule is CCCCNCC(=O)Nc1ccccc1OCCCC. The van der Waals surface area contributed by atoms with Gasteiger partial charge >= 0.3 is 0 Å². The van der Waals surface area contributed by atoms with Crippen molar-refractivity contribution in [1.82, 2.24) is 5.32 Å². The first-order valence-electron chi connectivity index (χ1n) is 7.50. The van der Waals surface area contributed by atoms with E-state index in [1.54, 1.807) is 0 Å². The van der Waals surface area contributed by atoms with Crippen LogP contribution in [0.5, 0.6) is 5.75 Å². The van der Waals surface area contributed by atoms with E-state index in [1.165, 1.54) is 0 Å². The minimum Gasteiger partial charge on any atom is -0.491 e. The summed E-state index contributed by atoms with van der Waals surface area (Å²) in [6, 6.07) is 7.56. The van der Waals surface area contributed by atoms with Gasteiger partial charge in [-0.05, 0) is 31.5 Å². The number of para-hydroxylation sites is 2. The summed E-state index contributed by atoms with van der Waals surface area (Å²) in [5.74, 6) is 0.704. The lowest BCUT2D eigenvalue weighted by Crippen LogP contribution is -2.28. The van der Waals surface area contributed by atoms with Crippen molar-refractivity contribution in [3.63, 3.8) is 0 Å². The number of rotatable bonds is 10. The van der Waals surface area contributed by atoms with Crippen LogP contribution in [0.4, 0.5) is 5.69 Å². The first kappa shape index (κ1) is 16.5. The Balaban J connectivity index is 2.43. The number of hydrogen-bond donors (Lipinski definition) is 2. The predicted octanol–water partition coefficient (Wildman–Crippen LogP) is 3.19. The van der Waals surface area contributed by atoms with Gasteiger partial charge in [0.2, 0.25) is 5.91 Å². The van der Waals surface area contributed by atoms with Crippen LogP contribution in [0.1, 0.15) is 39.5 Å². The molecule has 0 unspecified atom stereocenters. The van der Waals surface area contributed by atoms with Crippen molar-refractivity contribution < 1.29 is 9.53 Å². The van der Waals surface area contributed by atoms with E-state index in [2.05, 4.69) is 24.5 Å². The molecule has 1 amide bonds. The first-order chi connectivity index (χ1) is 9.77. The fourth-order valence-corrected chi connectivity index (χ4v) is 1.72. The van der Waals surface area contributed by atoms with E-state index < -0.39 is 0 Å². The molecule has 0 spiro atoms. The van der Waals surface area contributed by atoms with Crippen LogP contribution >= 0.6 is 0 Å². The van der Waals surface area contributed by atoms with Crippen LogP contribution in [0.15, 0.2) is 24.3 Å². The molecular weight excluding hydrogens is 252 g/mol. The molecule has 0 radical (unpaired) electrons. The second-order valence-electron chi connectivity index (χ2n) is 4.78. The Morgan fingerprint density at radius 3 is 2.65 bits per heavy atom. The molecule has 20 heavy (non-hydrogen) atoms. The normalized spacial score (nSPS) is 10.3. The summed E-state index contributed by atoms with van der Waals surface area (Å²) in [7, 11) is 0. The van der Waals surface area contributed by atoms with Crippen LogP contribution in [0.3, 0.4) is 0 Å². The van der Waals surface area contributed by atoms with E-state index in [0.29, 0.717) is 13.2 Å². The molecule has 112 valence electrons. The van der Waals surface area contributed by atoms with Crippen LogP contribution in [0, 0.1) is 0 Å². The molecular formula is C16H26N2O2. The quantitative estimate of drug-likeness (QED) is 0.646. The Kier molecular flexibility index (Phi) is 8.47. The Bertz CT molecular complexity index is 394. The average molecular weight is 278 g/mol. The maximum absolute atomic E-state index is 11.8. The Morgan fingerprint density at radius 2 is 1.90 bits per heavy atom. The van der Waals surface area contributed by atoms with Gasteiger partial charge in [0.25, 0.3) is 0 Å². The number of amides is 1. The van der Waals surface area contributed by atoms with Crippen LogP contribution < -0.4 is 15.4 Å². The smallest absolute Gasteiger partial charge is 0.238 e. The molecule has 0 saturated heterocycles. The third kappa shape index (κ3) is 6.57. The van der Waals surface area contributed by atoms with Gasteiger partial charge in [0, 0.05) is 0 Å².